The number of rotatable bonds is 9. The molecule has 0 unspecified atom stereocenters. The molecule has 0 N–H and O–H groups in total. The van der Waals surface area contributed by atoms with Gasteiger partial charge in [0.05, 0.1) is 0 Å². The molecule has 0 spiro atoms. The zero-order valence-electron chi connectivity index (χ0n) is 19.0. The molecule has 8 heteroatoms. The van der Waals surface area contributed by atoms with E-state index in [1.165, 1.54) is 30.4 Å². The van der Waals surface area contributed by atoms with Crippen molar-refractivity contribution in [3.05, 3.63) is 133 Å². The molecule has 0 aliphatic carbocycles. The van der Waals surface area contributed by atoms with Crippen LogP contribution in [0.1, 0.15) is 11.1 Å². The van der Waals surface area contributed by atoms with Gasteiger partial charge < -0.3 is 8.37 Å². The van der Waals surface area contributed by atoms with Crippen LogP contribution in [0.5, 0.6) is 0 Å². The molecule has 0 aliphatic heterocycles. The van der Waals surface area contributed by atoms with Crippen molar-refractivity contribution in [1.29, 1.82) is 0 Å². The minimum Gasteiger partial charge on any atom is -0.387 e. The van der Waals surface area contributed by atoms with Crippen molar-refractivity contribution in [2.75, 3.05) is 0 Å². The largest absolute Gasteiger partial charge is 0.387 e. The molecule has 36 heavy (non-hydrogen) atoms. The average Bonchev–Trinajstić information content (AvgIpc) is 2.90. The second-order valence-electron chi connectivity index (χ2n) is 7.53. The standard InChI is InChI=1S/C28H22O6S2/c29-35(30,33-21-19-23-11-4-1-5-12-23)27-18-10-17-26(25-15-8-3-9-16-25)28(27)36(31,32)34-22-20-24-13-6-2-7-14-24/h1-22H. The van der Waals surface area contributed by atoms with E-state index in [0.29, 0.717) is 16.7 Å². The summed E-state index contributed by atoms with van der Waals surface area (Å²) in [5.74, 6) is 0. The maximum absolute atomic E-state index is 13.4. The van der Waals surface area contributed by atoms with Crippen molar-refractivity contribution < 1.29 is 25.2 Å². The van der Waals surface area contributed by atoms with Crippen molar-refractivity contribution in [1.82, 2.24) is 0 Å². The van der Waals surface area contributed by atoms with Gasteiger partial charge in [-0.25, -0.2) is 0 Å². The molecule has 0 bridgehead atoms. The van der Waals surface area contributed by atoms with Crippen LogP contribution in [-0.4, -0.2) is 16.8 Å². The molecule has 0 saturated carbocycles. The maximum atomic E-state index is 13.4. The molecule has 4 aromatic rings. The van der Waals surface area contributed by atoms with Crippen LogP contribution >= 0.6 is 0 Å². The van der Waals surface area contributed by atoms with Gasteiger partial charge in [0.25, 0.3) is 0 Å². The molecule has 0 aliphatic rings. The zero-order valence-corrected chi connectivity index (χ0v) is 20.6. The van der Waals surface area contributed by atoms with Gasteiger partial charge in [-0.15, -0.1) is 0 Å². The van der Waals surface area contributed by atoms with Crippen LogP contribution in [0.25, 0.3) is 23.3 Å². The van der Waals surface area contributed by atoms with Crippen LogP contribution in [-0.2, 0) is 28.6 Å². The smallest absolute Gasteiger partial charge is 0.340 e. The summed E-state index contributed by atoms with van der Waals surface area (Å²) in [6, 6.07) is 30.6. The second-order valence-corrected chi connectivity index (χ2v) is 10.6. The van der Waals surface area contributed by atoms with Crippen LogP contribution in [0, 0.1) is 0 Å². The third-order valence-corrected chi connectivity index (χ3v) is 7.74. The van der Waals surface area contributed by atoms with Crippen molar-refractivity contribution in [2.24, 2.45) is 0 Å². The lowest BCUT2D eigenvalue weighted by atomic mass is 10.1. The Morgan fingerprint density at radius 1 is 0.500 bits per heavy atom. The molecule has 182 valence electrons. The lowest BCUT2D eigenvalue weighted by Crippen LogP contribution is -2.13. The molecule has 6 nitrogen and oxygen atoms in total. The highest BCUT2D eigenvalue weighted by atomic mass is 32.2. The lowest BCUT2D eigenvalue weighted by Gasteiger charge is -2.14. The molecule has 0 atom stereocenters. The van der Waals surface area contributed by atoms with Crippen molar-refractivity contribution in [3.63, 3.8) is 0 Å². The van der Waals surface area contributed by atoms with Gasteiger partial charge in [-0.3, -0.25) is 0 Å². The maximum Gasteiger partial charge on any atom is 0.340 e. The first-order valence-corrected chi connectivity index (χ1v) is 13.7. The first-order chi connectivity index (χ1) is 17.4. The average molecular weight is 519 g/mol. The van der Waals surface area contributed by atoms with Gasteiger partial charge in [0.1, 0.15) is 22.3 Å². The van der Waals surface area contributed by atoms with E-state index in [1.807, 2.05) is 12.1 Å². The zero-order chi connectivity index (χ0) is 25.4. The summed E-state index contributed by atoms with van der Waals surface area (Å²) in [5.41, 5.74) is 2.10. The molecule has 0 radical (unpaired) electrons. The Hall–Kier alpha value is -4.14. The SMILES string of the molecule is O=S(=O)(OC=Cc1ccccc1)c1cccc(-c2ccccc2)c1S(=O)(=O)OC=Cc1ccccc1. The van der Waals surface area contributed by atoms with E-state index in [0.717, 1.165) is 12.5 Å². The van der Waals surface area contributed by atoms with E-state index in [4.69, 9.17) is 8.37 Å². The van der Waals surface area contributed by atoms with E-state index in [-0.39, 0.29) is 5.56 Å². The van der Waals surface area contributed by atoms with Crippen LogP contribution in [0.4, 0.5) is 0 Å². The molecule has 0 aromatic heterocycles. The summed E-state index contributed by atoms with van der Waals surface area (Å²) in [6.07, 6.45) is 4.95. The Morgan fingerprint density at radius 2 is 0.972 bits per heavy atom. The summed E-state index contributed by atoms with van der Waals surface area (Å²) in [5, 5.41) is 0. The molecule has 0 saturated heterocycles. The summed E-state index contributed by atoms with van der Waals surface area (Å²) >= 11 is 0. The molecule has 4 aromatic carbocycles. The molecule has 0 fully saturated rings. The van der Waals surface area contributed by atoms with Crippen molar-refractivity contribution in [2.45, 2.75) is 9.79 Å². The first-order valence-electron chi connectivity index (χ1n) is 10.8. The fourth-order valence-electron chi connectivity index (χ4n) is 3.40. The highest BCUT2D eigenvalue weighted by Crippen LogP contribution is 2.35. The Kier molecular flexibility index (Phi) is 7.68. The van der Waals surface area contributed by atoms with Gasteiger partial charge in [-0.1, -0.05) is 103 Å². The number of benzene rings is 4. The Balaban J connectivity index is 1.75. The minimum atomic E-state index is -4.57. The van der Waals surface area contributed by atoms with E-state index in [2.05, 4.69) is 0 Å². The molecule has 0 heterocycles. The summed E-state index contributed by atoms with van der Waals surface area (Å²) in [7, 11) is -9.09. The van der Waals surface area contributed by atoms with Gasteiger partial charge in [0.15, 0.2) is 0 Å². The predicted molar refractivity (Wildman–Crippen MR) is 139 cm³/mol. The fourth-order valence-corrected chi connectivity index (χ4v) is 5.97. The third-order valence-electron chi connectivity index (χ3n) is 5.07. The molecule has 0 amide bonds. The highest BCUT2D eigenvalue weighted by molar-refractivity contribution is 7.90. The van der Waals surface area contributed by atoms with E-state index < -0.39 is 30.0 Å². The van der Waals surface area contributed by atoms with Crippen molar-refractivity contribution in [3.8, 4) is 11.1 Å². The normalized spacial score (nSPS) is 12.1. The van der Waals surface area contributed by atoms with Crippen LogP contribution in [0.15, 0.2) is 132 Å². The summed E-state index contributed by atoms with van der Waals surface area (Å²) in [6.45, 7) is 0. The monoisotopic (exact) mass is 518 g/mol. The van der Waals surface area contributed by atoms with Crippen LogP contribution < -0.4 is 0 Å². The van der Waals surface area contributed by atoms with Crippen molar-refractivity contribution >= 4 is 32.4 Å². The lowest BCUT2D eigenvalue weighted by molar-refractivity contribution is 0.432. The fraction of sp³-hybridized carbons (Fsp3) is 0. The summed E-state index contributed by atoms with van der Waals surface area (Å²) < 4.78 is 63.3. The topological polar surface area (TPSA) is 86.7 Å². The van der Waals surface area contributed by atoms with Gasteiger partial charge in [0, 0.05) is 5.56 Å². The van der Waals surface area contributed by atoms with Gasteiger partial charge in [-0.2, -0.15) is 16.8 Å². The van der Waals surface area contributed by atoms with E-state index in [1.54, 1.807) is 78.9 Å². The molecular formula is C28H22O6S2. The Labute approximate surface area is 211 Å². The number of hydrogen-bond acceptors (Lipinski definition) is 6. The molecular weight excluding hydrogens is 496 g/mol. The number of hydrogen-bond donors (Lipinski definition) is 0. The van der Waals surface area contributed by atoms with Crippen LogP contribution in [0.3, 0.4) is 0 Å². The van der Waals surface area contributed by atoms with Gasteiger partial charge >= 0.3 is 20.2 Å². The minimum absolute atomic E-state index is 0.167. The molecule has 4 rings (SSSR count). The van der Waals surface area contributed by atoms with Gasteiger partial charge in [-0.05, 0) is 34.9 Å². The summed E-state index contributed by atoms with van der Waals surface area (Å²) in [4.78, 5) is -1.04. The van der Waals surface area contributed by atoms with E-state index in [9.17, 15) is 16.8 Å². The van der Waals surface area contributed by atoms with Crippen LogP contribution in [0.2, 0.25) is 0 Å². The van der Waals surface area contributed by atoms with Gasteiger partial charge in [0.2, 0.25) is 0 Å². The second kappa shape index (κ2) is 11.1. The third kappa shape index (κ3) is 6.10. The Bertz CT molecular complexity index is 1580. The highest BCUT2D eigenvalue weighted by Gasteiger charge is 2.31. The first kappa shape index (κ1) is 25.0. The Morgan fingerprint density at radius 3 is 1.50 bits per heavy atom. The van der Waals surface area contributed by atoms with E-state index >= 15 is 0 Å². The predicted octanol–water partition coefficient (Wildman–Crippen LogP) is 6.11. The quantitative estimate of drug-likeness (QED) is 0.196.